The van der Waals surface area contributed by atoms with E-state index in [9.17, 15) is 4.79 Å². The van der Waals surface area contributed by atoms with Crippen LogP contribution in [0.4, 0.5) is 5.82 Å². The lowest BCUT2D eigenvalue weighted by atomic mass is 10.1. The molecule has 24 heavy (non-hydrogen) atoms. The lowest BCUT2D eigenvalue weighted by Gasteiger charge is -2.17. The second-order valence-corrected chi connectivity index (χ2v) is 7.13. The molecule has 3 rings (SSSR count). The van der Waals surface area contributed by atoms with Crippen molar-refractivity contribution in [3.63, 3.8) is 0 Å². The molecule has 1 aliphatic rings. The van der Waals surface area contributed by atoms with E-state index in [4.69, 9.17) is 0 Å². The molecule has 0 saturated carbocycles. The Bertz CT molecular complexity index is 705. The van der Waals surface area contributed by atoms with E-state index >= 15 is 0 Å². The predicted octanol–water partition coefficient (Wildman–Crippen LogP) is 3.80. The van der Waals surface area contributed by atoms with Gasteiger partial charge in [-0.15, -0.1) is 0 Å². The van der Waals surface area contributed by atoms with E-state index in [1.807, 2.05) is 42.3 Å². The van der Waals surface area contributed by atoms with Gasteiger partial charge >= 0.3 is 0 Å². The van der Waals surface area contributed by atoms with Crippen molar-refractivity contribution in [2.75, 3.05) is 18.4 Å². The maximum Gasteiger partial charge on any atom is 0.222 e. The van der Waals surface area contributed by atoms with Gasteiger partial charge in [0.15, 0.2) is 0 Å². The maximum absolute atomic E-state index is 12.4. The van der Waals surface area contributed by atoms with Crippen LogP contribution in [0.25, 0.3) is 0 Å². The summed E-state index contributed by atoms with van der Waals surface area (Å²) in [6.45, 7) is 3.62. The molecule has 5 heteroatoms. The van der Waals surface area contributed by atoms with Crippen LogP contribution < -0.4 is 5.32 Å². The van der Waals surface area contributed by atoms with Gasteiger partial charge in [-0.1, -0.05) is 30.3 Å². The van der Waals surface area contributed by atoms with Gasteiger partial charge in [-0.2, -0.15) is 0 Å². The molecule has 4 nitrogen and oxygen atoms in total. The summed E-state index contributed by atoms with van der Waals surface area (Å²) in [5, 5.41) is 3.44. The van der Waals surface area contributed by atoms with E-state index in [0.717, 1.165) is 41.8 Å². The zero-order chi connectivity index (χ0) is 16.9. The van der Waals surface area contributed by atoms with E-state index in [2.05, 4.69) is 38.4 Å². The topological polar surface area (TPSA) is 45.2 Å². The number of aromatic nitrogens is 1. The molecule has 2 aromatic rings. The van der Waals surface area contributed by atoms with E-state index in [1.54, 1.807) is 0 Å². The summed E-state index contributed by atoms with van der Waals surface area (Å²) < 4.78 is 1.01. The van der Waals surface area contributed by atoms with Crippen molar-refractivity contribution in [3.8, 4) is 0 Å². The van der Waals surface area contributed by atoms with Crippen LogP contribution in [0.2, 0.25) is 0 Å². The molecule has 1 saturated heterocycles. The van der Waals surface area contributed by atoms with Crippen LogP contribution >= 0.6 is 15.9 Å². The number of carbonyl (C=O) groups excluding carboxylic acids is 1. The molecule has 0 radical (unpaired) electrons. The molecule has 0 aliphatic carbocycles. The van der Waals surface area contributed by atoms with E-state index in [-0.39, 0.29) is 11.9 Å². The van der Waals surface area contributed by atoms with Crippen molar-refractivity contribution in [2.24, 2.45) is 0 Å². The summed E-state index contributed by atoms with van der Waals surface area (Å²) in [5.74, 6) is 1.11. The Hall–Kier alpha value is -1.88. The number of benzene rings is 1. The van der Waals surface area contributed by atoms with Crippen molar-refractivity contribution in [1.29, 1.82) is 0 Å². The van der Waals surface area contributed by atoms with E-state index < -0.39 is 0 Å². The lowest BCUT2D eigenvalue weighted by Crippen LogP contribution is -2.31. The minimum Gasteiger partial charge on any atom is -0.365 e. The quantitative estimate of drug-likeness (QED) is 0.848. The first-order valence-corrected chi connectivity index (χ1v) is 9.11. The molecule has 1 fully saturated rings. The third-order valence-electron chi connectivity index (χ3n) is 4.41. The molecular formula is C19H22BrN3O. The summed E-state index contributed by atoms with van der Waals surface area (Å²) >= 11 is 3.46. The Labute approximate surface area is 151 Å². The number of nitrogens with one attached hydrogen (secondary N) is 1. The largest absolute Gasteiger partial charge is 0.365 e. The number of anilines is 1. The van der Waals surface area contributed by atoms with Crippen molar-refractivity contribution in [2.45, 2.75) is 32.2 Å². The molecule has 1 aromatic carbocycles. The zero-order valence-corrected chi connectivity index (χ0v) is 15.4. The standard InChI is InChI=1S/C19H22BrN3O/c1-14-11-18(21-12-17(14)20)22-16-9-10-23(13-16)19(24)8-7-15-5-3-2-4-6-15/h2-6,11-12,16H,7-10,13H2,1H3,(H,21,22). The smallest absolute Gasteiger partial charge is 0.222 e. The fourth-order valence-electron chi connectivity index (χ4n) is 2.99. The first-order chi connectivity index (χ1) is 11.6. The van der Waals surface area contributed by atoms with Crippen molar-refractivity contribution < 1.29 is 4.79 Å². The highest BCUT2D eigenvalue weighted by atomic mass is 79.9. The minimum absolute atomic E-state index is 0.239. The Balaban J connectivity index is 1.49. The van der Waals surface area contributed by atoms with E-state index in [0.29, 0.717) is 6.42 Å². The molecule has 1 unspecified atom stereocenters. The molecule has 0 spiro atoms. The summed E-state index contributed by atoms with van der Waals surface area (Å²) in [4.78, 5) is 18.7. The van der Waals surface area contributed by atoms with Crippen molar-refractivity contribution in [1.82, 2.24) is 9.88 Å². The number of nitrogens with zero attached hydrogens (tertiary/aromatic N) is 2. The second-order valence-electron chi connectivity index (χ2n) is 6.27. The molecule has 1 N–H and O–H groups in total. The van der Waals surface area contributed by atoms with Crippen LogP contribution in [-0.4, -0.2) is 34.9 Å². The summed E-state index contributed by atoms with van der Waals surface area (Å²) in [6.07, 6.45) is 4.16. The van der Waals surface area contributed by atoms with Crippen LogP contribution in [0, 0.1) is 6.92 Å². The highest BCUT2D eigenvalue weighted by Gasteiger charge is 2.26. The molecule has 126 valence electrons. The third-order valence-corrected chi connectivity index (χ3v) is 5.24. The molecule has 1 amide bonds. The number of likely N-dealkylation sites (tertiary alicyclic amines) is 1. The Morgan fingerprint density at radius 1 is 1.38 bits per heavy atom. The normalized spacial score (nSPS) is 17.1. The van der Waals surface area contributed by atoms with E-state index in [1.165, 1.54) is 5.56 Å². The average molecular weight is 388 g/mol. The van der Waals surface area contributed by atoms with Gasteiger partial charge in [0.1, 0.15) is 5.82 Å². The zero-order valence-electron chi connectivity index (χ0n) is 13.8. The SMILES string of the molecule is Cc1cc(NC2CCN(C(=O)CCc3ccccc3)C2)ncc1Br. The summed E-state index contributed by atoms with van der Waals surface area (Å²) in [6, 6.07) is 12.5. The van der Waals surface area contributed by atoms with Gasteiger partial charge in [0, 0.05) is 36.2 Å². The number of halogens is 1. The fourth-order valence-corrected chi connectivity index (χ4v) is 3.20. The molecular weight excluding hydrogens is 366 g/mol. The molecule has 1 aliphatic heterocycles. The number of hydrogen-bond acceptors (Lipinski definition) is 3. The molecule has 2 heterocycles. The van der Waals surface area contributed by atoms with Gasteiger partial charge < -0.3 is 10.2 Å². The number of hydrogen-bond donors (Lipinski definition) is 1. The monoisotopic (exact) mass is 387 g/mol. The van der Waals surface area contributed by atoms with Gasteiger partial charge in [-0.25, -0.2) is 4.98 Å². The van der Waals surface area contributed by atoms with Gasteiger partial charge in [-0.3, -0.25) is 4.79 Å². The van der Waals surface area contributed by atoms with Gasteiger partial charge in [0.25, 0.3) is 0 Å². The number of aryl methyl sites for hydroxylation is 2. The van der Waals surface area contributed by atoms with Crippen molar-refractivity contribution in [3.05, 3.63) is 58.2 Å². The molecule has 0 bridgehead atoms. The minimum atomic E-state index is 0.239. The highest BCUT2D eigenvalue weighted by Crippen LogP contribution is 2.20. The first-order valence-electron chi connectivity index (χ1n) is 8.32. The third kappa shape index (κ3) is 4.35. The highest BCUT2D eigenvalue weighted by molar-refractivity contribution is 9.10. The van der Waals surface area contributed by atoms with Crippen molar-refractivity contribution >= 4 is 27.7 Å². The average Bonchev–Trinajstić information content (AvgIpc) is 3.05. The number of carbonyl (C=O) groups is 1. The predicted molar refractivity (Wildman–Crippen MR) is 100 cm³/mol. The van der Waals surface area contributed by atoms with Crippen LogP contribution in [0.1, 0.15) is 24.0 Å². The van der Waals surface area contributed by atoms with Crippen LogP contribution in [0.5, 0.6) is 0 Å². The Morgan fingerprint density at radius 2 is 2.17 bits per heavy atom. The van der Waals surface area contributed by atoms with Crippen LogP contribution in [0.15, 0.2) is 47.1 Å². The summed E-state index contributed by atoms with van der Waals surface area (Å²) in [7, 11) is 0. The van der Waals surface area contributed by atoms with Gasteiger partial charge in [0.05, 0.1) is 0 Å². The number of pyridine rings is 1. The fraction of sp³-hybridized carbons (Fsp3) is 0.368. The lowest BCUT2D eigenvalue weighted by molar-refractivity contribution is -0.130. The van der Waals surface area contributed by atoms with Crippen LogP contribution in [0.3, 0.4) is 0 Å². The maximum atomic E-state index is 12.4. The Kier molecular flexibility index (Phi) is 5.51. The molecule has 1 atom stereocenters. The van der Waals surface area contributed by atoms with Gasteiger partial charge in [-0.05, 0) is 52.9 Å². The van der Waals surface area contributed by atoms with Gasteiger partial charge in [0.2, 0.25) is 5.91 Å². The van der Waals surface area contributed by atoms with Crippen LogP contribution in [-0.2, 0) is 11.2 Å². The summed E-state index contributed by atoms with van der Waals surface area (Å²) in [5.41, 5.74) is 2.37. The Morgan fingerprint density at radius 3 is 2.92 bits per heavy atom. The second kappa shape index (κ2) is 7.79. The molecule has 1 aromatic heterocycles. The number of rotatable bonds is 5. The first kappa shape index (κ1) is 17.0. The number of amides is 1.